The minimum atomic E-state index is 0.537. The van der Waals surface area contributed by atoms with Crippen molar-refractivity contribution in [2.45, 2.75) is 47.0 Å². The Morgan fingerprint density at radius 3 is 1.89 bits per heavy atom. The van der Waals surface area contributed by atoms with E-state index in [1.165, 1.54) is 0 Å². The van der Waals surface area contributed by atoms with Gasteiger partial charge in [-0.15, -0.1) is 0 Å². The zero-order valence-corrected chi connectivity index (χ0v) is 17.5. The van der Waals surface area contributed by atoms with Crippen LogP contribution in [-0.2, 0) is 18.9 Å². The van der Waals surface area contributed by atoms with Gasteiger partial charge in [-0.1, -0.05) is 38.5 Å². The van der Waals surface area contributed by atoms with Gasteiger partial charge in [-0.25, -0.2) is 0 Å². The molecule has 0 bridgehead atoms. The van der Waals surface area contributed by atoms with E-state index in [4.69, 9.17) is 18.9 Å². The normalized spacial score (nSPS) is 12.3. The molecule has 0 aliphatic heterocycles. The highest BCUT2D eigenvalue weighted by atomic mass is 16.5. The highest BCUT2D eigenvalue weighted by Crippen LogP contribution is 2.20. The van der Waals surface area contributed by atoms with Gasteiger partial charge in [-0.3, -0.25) is 0 Å². The van der Waals surface area contributed by atoms with Crippen LogP contribution in [0.2, 0.25) is 0 Å². The third-order valence-electron chi connectivity index (χ3n) is 3.98. The molecule has 27 heavy (non-hydrogen) atoms. The molecule has 0 N–H and O–H groups in total. The van der Waals surface area contributed by atoms with Gasteiger partial charge in [-0.05, 0) is 55.0 Å². The molecule has 1 rings (SSSR count). The van der Waals surface area contributed by atoms with Crippen LogP contribution in [0, 0.1) is 0 Å². The molecule has 0 saturated heterocycles. The van der Waals surface area contributed by atoms with Crippen molar-refractivity contribution in [1.82, 2.24) is 0 Å². The SMILES string of the molecule is CCCCO/C=C(\C)c1cccc(/C(C)=C/OCCOCCOCCC)c1. The molecule has 4 nitrogen and oxygen atoms in total. The molecular formula is C23H36O4. The first-order valence-electron chi connectivity index (χ1n) is 10.0. The van der Waals surface area contributed by atoms with E-state index in [9.17, 15) is 0 Å². The average Bonchev–Trinajstić information content (AvgIpc) is 2.69. The number of rotatable bonds is 15. The summed E-state index contributed by atoms with van der Waals surface area (Å²) in [5.41, 5.74) is 4.51. The lowest BCUT2D eigenvalue weighted by Gasteiger charge is -2.08. The highest BCUT2D eigenvalue weighted by Gasteiger charge is 2.01. The number of hydrogen-bond acceptors (Lipinski definition) is 4. The third kappa shape index (κ3) is 10.8. The van der Waals surface area contributed by atoms with Gasteiger partial charge in [0.05, 0.1) is 39.0 Å². The Kier molecular flexibility index (Phi) is 13.2. The minimum Gasteiger partial charge on any atom is -0.501 e. The van der Waals surface area contributed by atoms with Crippen LogP contribution in [0.5, 0.6) is 0 Å². The summed E-state index contributed by atoms with van der Waals surface area (Å²) in [7, 11) is 0. The average molecular weight is 377 g/mol. The van der Waals surface area contributed by atoms with Gasteiger partial charge in [0.1, 0.15) is 6.61 Å². The van der Waals surface area contributed by atoms with E-state index in [0.29, 0.717) is 26.4 Å². The number of allylic oxidation sites excluding steroid dienone is 2. The summed E-state index contributed by atoms with van der Waals surface area (Å²) >= 11 is 0. The Balaban J connectivity index is 2.39. The molecular weight excluding hydrogens is 340 g/mol. The lowest BCUT2D eigenvalue weighted by Crippen LogP contribution is -2.08. The van der Waals surface area contributed by atoms with Gasteiger partial charge >= 0.3 is 0 Å². The topological polar surface area (TPSA) is 36.9 Å². The molecule has 0 unspecified atom stereocenters. The Morgan fingerprint density at radius 2 is 1.30 bits per heavy atom. The molecule has 0 spiro atoms. The maximum Gasteiger partial charge on any atom is 0.111 e. The molecule has 0 fully saturated rings. The summed E-state index contributed by atoms with van der Waals surface area (Å²) in [6.45, 7) is 12.3. The molecule has 0 aliphatic carbocycles. The molecule has 1 aromatic rings. The molecule has 152 valence electrons. The quantitative estimate of drug-likeness (QED) is 0.291. The predicted octanol–water partition coefficient (Wildman–Crippen LogP) is 5.68. The first kappa shape index (κ1) is 23.3. The van der Waals surface area contributed by atoms with Crippen molar-refractivity contribution in [1.29, 1.82) is 0 Å². The third-order valence-corrected chi connectivity index (χ3v) is 3.98. The molecule has 4 heteroatoms. The Bertz CT molecular complexity index is 563. The summed E-state index contributed by atoms with van der Waals surface area (Å²) in [5, 5.41) is 0. The zero-order chi connectivity index (χ0) is 19.7. The van der Waals surface area contributed by atoms with Crippen molar-refractivity contribution in [2.24, 2.45) is 0 Å². The van der Waals surface area contributed by atoms with Crippen molar-refractivity contribution in [3.05, 3.63) is 47.9 Å². The maximum absolute atomic E-state index is 5.60. The second-order valence-electron chi connectivity index (χ2n) is 6.50. The number of ether oxygens (including phenoxy) is 4. The van der Waals surface area contributed by atoms with E-state index >= 15 is 0 Å². The van der Waals surface area contributed by atoms with Crippen LogP contribution in [0.25, 0.3) is 11.1 Å². The summed E-state index contributed by atoms with van der Waals surface area (Å²) in [5.74, 6) is 0. The van der Waals surface area contributed by atoms with Crippen LogP contribution >= 0.6 is 0 Å². The van der Waals surface area contributed by atoms with Crippen molar-refractivity contribution in [3.63, 3.8) is 0 Å². The summed E-state index contributed by atoms with van der Waals surface area (Å²) in [4.78, 5) is 0. The van der Waals surface area contributed by atoms with Gasteiger partial charge < -0.3 is 18.9 Å². The van der Waals surface area contributed by atoms with Crippen LogP contribution in [0.15, 0.2) is 36.8 Å². The number of unbranched alkanes of at least 4 members (excludes halogenated alkanes) is 1. The first-order valence-corrected chi connectivity index (χ1v) is 10.0. The Hall–Kier alpha value is -1.78. The molecule has 1 aromatic carbocycles. The first-order chi connectivity index (χ1) is 13.2. The largest absolute Gasteiger partial charge is 0.501 e. The monoisotopic (exact) mass is 376 g/mol. The van der Waals surface area contributed by atoms with E-state index in [0.717, 1.165) is 54.7 Å². The van der Waals surface area contributed by atoms with Crippen molar-refractivity contribution in [2.75, 3.05) is 39.6 Å². The lowest BCUT2D eigenvalue weighted by molar-refractivity contribution is 0.0309. The van der Waals surface area contributed by atoms with E-state index < -0.39 is 0 Å². The van der Waals surface area contributed by atoms with E-state index in [2.05, 4.69) is 52.0 Å². The van der Waals surface area contributed by atoms with Gasteiger partial charge in [0.15, 0.2) is 0 Å². The van der Waals surface area contributed by atoms with Crippen LogP contribution in [-0.4, -0.2) is 39.6 Å². The van der Waals surface area contributed by atoms with Crippen LogP contribution in [0.4, 0.5) is 0 Å². The summed E-state index contributed by atoms with van der Waals surface area (Å²) < 4.78 is 22.0. The lowest BCUT2D eigenvalue weighted by atomic mass is 10.0. The van der Waals surface area contributed by atoms with Crippen molar-refractivity contribution in [3.8, 4) is 0 Å². The van der Waals surface area contributed by atoms with E-state index in [1.807, 2.05) is 6.26 Å². The molecule has 0 aromatic heterocycles. The molecule has 0 heterocycles. The van der Waals surface area contributed by atoms with E-state index in [1.54, 1.807) is 6.26 Å². The van der Waals surface area contributed by atoms with Gasteiger partial charge in [-0.2, -0.15) is 0 Å². The highest BCUT2D eigenvalue weighted by molar-refractivity contribution is 5.70. The fourth-order valence-electron chi connectivity index (χ4n) is 2.31. The maximum atomic E-state index is 5.60. The van der Waals surface area contributed by atoms with Crippen LogP contribution in [0.3, 0.4) is 0 Å². The van der Waals surface area contributed by atoms with Crippen LogP contribution in [0.1, 0.15) is 58.1 Å². The van der Waals surface area contributed by atoms with Crippen molar-refractivity contribution < 1.29 is 18.9 Å². The predicted molar refractivity (Wildman–Crippen MR) is 112 cm³/mol. The standard InChI is InChI=1S/C23H36O4/c1-5-7-12-26-18-20(3)22-9-8-10-23(17-22)21(4)19-27-16-15-25-14-13-24-11-6-2/h8-10,17-19H,5-7,11-16H2,1-4H3/b20-18+,21-19+. The van der Waals surface area contributed by atoms with E-state index in [-0.39, 0.29) is 0 Å². The van der Waals surface area contributed by atoms with Gasteiger partial charge in [0.2, 0.25) is 0 Å². The van der Waals surface area contributed by atoms with Gasteiger partial charge in [0, 0.05) is 6.61 Å². The number of hydrogen-bond donors (Lipinski definition) is 0. The van der Waals surface area contributed by atoms with Gasteiger partial charge in [0.25, 0.3) is 0 Å². The van der Waals surface area contributed by atoms with Crippen LogP contribution < -0.4 is 0 Å². The van der Waals surface area contributed by atoms with Crippen molar-refractivity contribution >= 4 is 11.1 Å². The zero-order valence-electron chi connectivity index (χ0n) is 17.5. The summed E-state index contributed by atoms with van der Waals surface area (Å²) in [6.07, 6.45) is 6.91. The smallest absolute Gasteiger partial charge is 0.111 e. The second kappa shape index (κ2) is 15.3. The molecule has 0 atom stereocenters. The second-order valence-corrected chi connectivity index (χ2v) is 6.50. The number of benzene rings is 1. The Morgan fingerprint density at radius 1 is 0.741 bits per heavy atom. The Labute approximate surface area is 165 Å². The fraction of sp³-hybridized carbons (Fsp3) is 0.565. The molecule has 0 aliphatic rings. The molecule has 0 radical (unpaired) electrons. The molecule has 0 amide bonds. The molecule has 0 saturated carbocycles. The fourth-order valence-corrected chi connectivity index (χ4v) is 2.31. The minimum absolute atomic E-state index is 0.537. The summed E-state index contributed by atoms with van der Waals surface area (Å²) in [6, 6.07) is 8.41.